The number of benzene rings is 1. The first kappa shape index (κ1) is 13.1. The van der Waals surface area contributed by atoms with E-state index in [-0.39, 0.29) is 11.4 Å². The number of aryl methyl sites for hydroxylation is 2. The van der Waals surface area contributed by atoms with Crippen LogP contribution in [0.1, 0.15) is 5.82 Å². The molecule has 104 valence electrons. The second-order valence-corrected chi connectivity index (χ2v) is 4.64. The van der Waals surface area contributed by atoms with Gasteiger partial charge in [-0.2, -0.15) is 0 Å². The number of fused-ring (bicyclic) bond motifs is 1. The van der Waals surface area contributed by atoms with Gasteiger partial charge in [0.1, 0.15) is 17.2 Å². The van der Waals surface area contributed by atoms with Crippen molar-refractivity contribution in [2.24, 2.45) is 0 Å². The number of halogens is 3. The van der Waals surface area contributed by atoms with E-state index in [4.69, 9.17) is 11.6 Å². The second-order valence-electron chi connectivity index (χ2n) is 4.37. The van der Waals surface area contributed by atoms with E-state index in [2.05, 4.69) is 9.97 Å². The lowest BCUT2D eigenvalue weighted by atomic mass is 10.3. The molecule has 3 aromatic rings. The van der Waals surface area contributed by atoms with Gasteiger partial charge in [-0.1, -0.05) is 0 Å². The summed E-state index contributed by atoms with van der Waals surface area (Å²) < 4.78 is 30.7. The predicted octanol–water partition coefficient (Wildman–Crippen LogP) is 2.95. The van der Waals surface area contributed by atoms with Crippen LogP contribution >= 0.6 is 11.6 Å². The van der Waals surface area contributed by atoms with Crippen molar-refractivity contribution in [3.05, 3.63) is 48.3 Å². The minimum Gasteiger partial charge on any atom is -0.336 e. The van der Waals surface area contributed by atoms with Crippen molar-refractivity contribution in [2.75, 3.05) is 0 Å². The van der Waals surface area contributed by atoms with Crippen LogP contribution in [0, 0.1) is 11.6 Å². The lowest BCUT2D eigenvalue weighted by Gasteiger charge is -2.08. The maximum Gasteiger partial charge on any atom is 0.153 e. The zero-order valence-electron chi connectivity index (χ0n) is 10.4. The van der Waals surface area contributed by atoms with Crippen molar-refractivity contribution in [1.29, 1.82) is 0 Å². The van der Waals surface area contributed by atoms with E-state index >= 15 is 0 Å². The van der Waals surface area contributed by atoms with Gasteiger partial charge in [-0.3, -0.25) is 0 Å². The van der Waals surface area contributed by atoms with Crippen LogP contribution in [0.5, 0.6) is 0 Å². The molecule has 0 N–H and O–H groups in total. The first-order chi connectivity index (χ1) is 9.69. The summed E-state index contributed by atoms with van der Waals surface area (Å²) in [7, 11) is 0. The third-order valence-corrected chi connectivity index (χ3v) is 3.35. The smallest absolute Gasteiger partial charge is 0.153 e. The topological polar surface area (TPSA) is 35.6 Å². The minimum absolute atomic E-state index is 0.139. The molecule has 2 aromatic heterocycles. The molecule has 20 heavy (non-hydrogen) atoms. The Bertz CT molecular complexity index is 736. The van der Waals surface area contributed by atoms with Crippen LogP contribution in [-0.2, 0) is 19.0 Å². The molecule has 0 aliphatic heterocycles. The van der Waals surface area contributed by atoms with E-state index in [1.54, 1.807) is 17.1 Å². The average molecular weight is 297 g/mol. The maximum atomic E-state index is 13.7. The molecule has 0 fully saturated rings. The van der Waals surface area contributed by atoms with E-state index in [1.165, 1.54) is 6.07 Å². The minimum atomic E-state index is -0.673. The van der Waals surface area contributed by atoms with Gasteiger partial charge in [-0.05, 0) is 6.07 Å². The van der Waals surface area contributed by atoms with Crippen molar-refractivity contribution >= 4 is 22.6 Å². The third-order valence-electron chi connectivity index (χ3n) is 3.11. The highest BCUT2D eigenvalue weighted by Crippen LogP contribution is 2.22. The largest absolute Gasteiger partial charge is 0.336 e. The predicted molar refractivity (Wildman–Crippen MR) is 71.4 cm³/mol. The number of rotatable bonds is 4. The van der Waals surface area contributed by atoms with Crippen LogP contribution in [0.15, 0.2) is 30.9 Å². The van der Waals surface area contributed by atoms with E-state index in [0.29, 0.717) is 24.4 Å². The lowest BCUT2D eigenvalue weighted by Crippen LogP contribution is -2.08. The molecule has 7 heteroatoms. The highest BCUT2D eigenvalue weighted by atomic mass is 35.5. The van der Waals surface area contributed by atoms with Gasteiger partial charge in [0.05, 0.1) is 17.7 Å². The molecule has 2 heterocycles. The second kappa shape index (κ2) is 5.20. The van der Waals surface area contributed by atoms with Crippen molar-refractivity contribution in [1.82, 2.24) is 19.1 Å². The number of nitrogens with zero attached hydrogens (tertiary/aromatic N) is 4. The number of aromatic nitrogens is 4. The monoisotopic (exact) mass is 296 g/mol. The molecule has 0 aliphatic rings. The number of imidazole rings is 2. The third kappa shape index (κ3) is 2.27. The zero-order chi connectivity index (χ0) is 14.1. The molecule has 0 saturated carbocycles. The molecule has 3 rings (SSSR count). The Morgan fingerprint density at radius 2 is 2.05 bits per heavy atom. The molecule has 0 unspecified atom stereocenters. The summed E-state index contributed by atoms with van der Waals surface area (Å²) in [6, 6.07) is 2.10. The van der Waals surface area contributed by atoms with Crippen LogP contribution < -0.4 is 0 Å². The Hall–Kier alpha value is -1.95. The SMILES string of the molecule is Fc1cc(F)c2nc(CCl)n(CCn3ccnc3)c2c1. The van der Waals surface area contributed by atoms with Crippen molar-refractivity contribution < 1.29 is 8.78 Å². The fourth-order valence-corrected chi connectivity index (χ4v) is 2.39. The van der Waals surface area contributed by atoms with Gasteiger partial charge in [-0.15, -0.1) is 11.6 Å². The molecule has 0 atom stereocenters. The fourth-order valence-electron chi connectivity index (χ4n) is 2.18. The van der Waals surface area contributed by atoms with Crippen molar-refractivity contribution in [3.8, 4) is 0 Å². The summed E-state index contributed by atoms with van der Waals surface area (Å²) >= 11 is 5.84. The Balaban J connectivity index is 2.03. The molecular weight excluding hydrogens is 286 g/mol. The first-order valence-electron chi connectivity index (χ1n) is 6.05. The van der Waals surface area contributed by atoms with Crippen LogP contribution in [0.25, 0.3) is 11.0 Å². The summed E-state index contributed by atoms with van der Waals surface area (Å²) in [6.07, 6.45) is 5.18. The Morgan fingerprint density at radius 1 is 1.20 bits per heavy atom. The number of hydrogen-bond acceptors (Lipinski definition) is 2. The van der Waals surface area contributed by atoms with E-state index < -0.39 is 11.6 Å². The standard InChI is InChI=1S/C13H11ClF2N4/c14-7-12-18-13-10(16)5-9(15)6-11(13)20(12)4-3-19-2-1-17-8-19/h1-2,5-6,8H,3-4,7H2. The molecular formula is C13H11ClF2N4. The van der Waals surface area contributed by atoms with Gasteiger partial charge in [0, 0.05) is 31.5 Å². The highest BCUT2D eigenvalue weighted by molar-refractivity contribution is 6.16. The lowest BCUT2D eigenvalue weighted by molar-refractivity contribution is 0.572. The molecule has 0 amide bonds. The molecule has 0 aliphatic carbocycles. The molecule has 0 radical (unpaired) electrons. The normalized spacial score (nSPS) is 11.3. The summed E-state index contributed by atoms with van der Waals surface area (Å²) in [4.78, 5) is 8.08. The average Bonchev–Trinajstić information content (AvgIpc) is 3.03. The van der Waals surface area contributed by atoms with Gasteiger partial charge >= 0.3 is 0 Å². The molecule has 0 bridgehead atoms. The van der Waals surface area contributed by atoms with E-state index in [1.807, 2.05) is 10.8 Å². The number of hydrogen-bond donors (Lipinski definition) is 0. The first-order valence-corrected chi connectivity index (χ1v) is 6.58. The molecule has 1 aromatic carbocycles. The Morgan fingerprint density at radius 3 is 2.75 bits per heavy atom. The molecule has 4 nitrogen and oxygen atoms in total. The van der Waals surface area contributed by atoms with E-state index in [9.17, 15) is 8.78 Å². The van der Waals surface area contributed by atoms with Gasteiger partial charge < -0.3 is 9.13 Å². The Labute approximate surface area is 118 Å². The van der Waals surface area contributed by atoms with Gasteiger partial charge in [0.2, 0.25) is 0 Å². The maximum absolute atomic E-state index is 13.7. The highest BCUT2D eigenvalue weighted by Gasteiger charge is 2.14. The van der Waals surface area contributed by atoms with Gasteiger partial charge in [0.25, 0.3) is 0 Å². The summed E-state index contributed by atoms with van der Waals surface area (Å²) in [6.45, 7) is 1.13. The van der Waals surface area contributed by atoms with Crippen LogP contribution in [0.3, 0.4) is 0 Å². The van der Waals surface area contributed by atoms with Crippen LogP contribution in [-0.4, -0.2) is 19.1 Å². The zero-order valence-corrected chi connectivity index (χ0v) is 11.2. The van der Waals surface area contributed by atoms with Crippen LogP contribution in [0.4, 0.5) is 8.78 Å². The van der Waals surface area contributed by atoms with Gasteiger partial charge in [0.15, 0.2) is 5.82 Å². The van der Waals surface area contributed by atoms with Crippen LogP contribution in [0.2, 0.25) is 0 Å². The number of alkyl halides is 1. The van der Waals surface area contributed by atoms with Gasteiger partial charge in [-0.25, -0.2) is 18.7 Å². The summed E-state index contributed by atoms with van der Waals surface area (Å²) in [5.74, 6) is -0.640. The summed E-state index contributed by atoms with van der Waals surface area (Å²) in [5, 5.41) is 0. The quantitative estimate of drug-likeness (QED) is 0.694. The molecule has 0 spiro atoms. The van der Waals surface area contributed by atoms with E-state index in [0.717, 1.165) is 6.07 Å². The fraction of sp³-hybridized carbons (Fsp3) is 0.231. The van der Waals surface area contributed by atoms with Crippen molar-refractivity contribution in [3.63, 3.8) is 0 Å². The van der Waals surface area contributed by atoms with Crippen molar-refractivity contribution in [2.45, 2.75) is 19.0 Å². The summed E-state index contributed by atoms with van der Waals surface area (Å²) in [5.41, 5.74) is 0.561. The Kier molecular flexibility index (Phi) is 3.40. The molecule has 0 saturated heterocycles.